The summed E-state index contributed by atoms with van der Waals surface area (Å²) >= 11 is 0. The van der Waals surface area contributed by atoms with Gasteiger partial charge in [0.15, 0.2) is 5.76 Å². The number of rotatable bonds is 4. The molecule has 0 unspecified atom stereocenters. The van der Waals surface area contributed by atoms with E-state index in [1.807, 2.05) is 32.9 Å². The number of carbonyl (C=O) groups excluding carboxylic acids is 2. The smallest absolute Gasteiger partial charge is 0.287 e. The maximum Gasteiger partial charge on any atom is 0.287 e. The summed E-state index contributed by atoms with van der Waals surface area (Å²) in [5.74, 6) is 0.0881. The molecule has 1 saturated heterocycles. The van der Waals surface area contributed by atoms with Gasteiger partial charge in [-0.25, -0.2) is 0 Å². The fraction of sp³-hybridized carbons (Fsp3) is 0.474. The maximum atomic E-state index is 12.5. The van der Waals surface area contributed by atoms with E-state index in [2.05, 4.69) is 5.32 Å². The van der Waals surface area contributed by atoms with Crippen molar-refractivity contribution < 1.29 is 18.7 Å². The molecule has 1 fully saturated rings. The second-order valence-corrected chi connectivity index (χ2v) is 6.46. The SMILES string of the molecule is Cc1ccc(C)c2c(C)c(C(=O)NCCC(=O)N3CCOCC3)oc12. The van der Waals surface area contributed by atoms with Gasteiger partial charge < -0.3 is 19.4 Å². The van der Waals surface area contributed by atoms with Gasteiger partial charge in [-0.3, -0.25) is 9.59 Å². The summed E-state index contributed by atoms with van der Waals surface area (Å²) in [6.45, 7) is 8.56. The first kappa shape index (κ1) is 17.5. The number of morpholine rings is 1. The van der Waals surface area contributed by atoms with E-state index in [1.54, 1.807) is 4.90 Å². The Kier molecular flexibility index (Phi) is 5.08. The lowest BCUT2D eigenvalue weighted by atomic mass is 10.0. The number of aryl methyl sites for hydroxylation is 3. The number of fused-ring (bicyclic) bond motifs is 1. The molecule has 2 amide bonds. The summed E-state index contributed by atoms with van der Waals surface area (Å²) in [5.41, 5.74) is 3.69. The van der Waals surface area contributed by atoms with Gasteiger partial charge in [-0.15, -0.1) is 0 Å². The van der Waals surface area contributed by atoms with Crippen molar-refractivity contribution in [2.75, 3.05) is 32.8 Å². The van der Waals surface area contributed by atoms with E-state index >= 15 is 0 Å². The Morgan fingerprint density at radius 2 is 1.80 bits per heavy atom. The fourth-order valence-corrected chi connectivity index (χ4v) is 3.23. The zero-order valence-corrected chi connectivity index (χ0v) is 15.0. The number of furan rings is 1. The highest BCUT2D eigenvalue weighted by atomic mass is 16.5. The molecule has 1 aromatic carbocycles. The Bertz CT molecular complexity index is 803. The van der Waals surface area contributed by atoms with Crippen LogP contribution in [0.15, 0.2) is 16.5 Å². The van der Waals surface area contributed by atoms with Gasteiger partial charge in [0.2, 0.25) is 5.91 Å². The van der Waals surface area contributed by atoms with E-state index in [9.17, 15) is 9.59 Å². The summed E-state index contributed by atoms with van der Waals surface area (Å²) in [6, 6.07) is 4.02. The average Bonchev–Trinajstić information content (AvgIpc) is 2.97. The average molecular weight is 344 g/mol. The first-order valence-corrected chi connectivity index (χ1v) is 8.62. The summed E-state index contributed by atoms with van der Waals surface area (Å²) in [6.07, 6.45) is 0.281. The highest BCUT2D eigenvalue weighted by Gasteiger charge is 2.21. The van der Waals surface area contributed by atoms with Crippen LogP contribution in [-0.4, -0.2) is 49.6 Å². The molecule has 0 bridgehead atoms. The predicted molar refractivity (Wildman–Crippen MR) is 94.8 cm³/mol. The topological polar surface area (TPSA) is 71.8 Å². The molecule has 1 aliphatic rings. The number of carbonyl (C=O) groups is 2. The zero-order chi connectivity index (χ0) is 18.0. The Morgan fingerprint density at radius 3 is 2.48 bits per heavy atom. The Morgan fingerprint density at radius 1 is 1.12 bits per heavy atom. The number of amides is 2. The normalized spacial score (nSPS) is 14.8. The molecule has 0 spiro atoms. The van der Waals surface area contributed by atoms with Crippen LogP contribution in [0.5, 0.6) is 0 Å². The predicted octanol–water partition coefficient (Wildman–Crippen LogP) is 2.34. The van der Waals surface area contributed by atoms with Gasteiger partial charge in [-0.05, 0) is 31.9 Å². The molecule has 1 aliphatic heterocycles. The first-order chi connectivity index (χ1) is 12.0. The molecule has 6 heteroatoms. The largest absolute Gasteiger partial charge is 0.450 e. The maximum absolute atomic E-state index is 12.5. The molecule has 25 heavy (non-hydrogen) atoms. The van der Waals surface area contributed by atoms with E-state index in [4.69, 9.17) is 9.15 Å². The van der Waals surface area contributed by atoms with E-state index in [0.717, 1.165) is 27.7 Å². The molecule has 2 aromatic rings. The number of hydrogen-bond acceptors (Lipinski definition) is 4. The molecule has 3 rings (SSSR count). The van der Waals surface area contributed by atoms with Gasteiger partial charge in [0.1, 0.15) is 5.58 Å². The number of nitrogens with one attached hydrogen (secondary N) is 1. The van der Waals surface area contributed by atoms with Crippen LogP contribution < -0.4 is 5.32 Å². The van der Waals surface area contributed by atoms with Gasteiger partial charge in [-0.1, -0.05) is 12.1 Å². The molecular weight excluding hydrogens is 320 g/mol. The van der Waals surface area contributed by atoms with Crippen molar-refractivity contribution in [3.8, 4) is 0 Å². The molecule has 0 radical (unpaired) electrons. The van der Waals surface area contributed by atoms with Crippen molar-refractivity contribution in [1.82, 2.24) is 10.2 Å². The monoisotopic (exact) mass is 344 g/mol. The zero-order valence-electron chi connectivity index (χ0n) is 15.0. The van der Waals surface area contributed by atoms with Crippen molar-refractivity contribution in [1.29, 1.82) is 0 Å². The molecule has 1 aromatic heterocycles. The molecule has 0 saturated carbocycles. The lowest BCUT2D eigenvalue weighted by Crippen LogP contribution is -2.42. The molecule has 6 nitrogen and oxygen atoms in total. The minimum absolute atomic E-state index is 0.0385. The van der Waals surface area contributed by atoms with E-state index in [0.29, 0.717) is 38.6 Å². The quantitative estimate of drug-likeness (QED) is 0.924. The second-order valence-electron chi connectivity index (χ2n) is 6.46. The third-order valence-electron chi connectivity index (χ3n) is 4.68. The van der Waals surface area contributed by atoms with Crippen LogP contribution in [0, 0.1) is 20.8 Å². The lowest BCUT2D eigenvalue weighted by molar-refractivity contribution is -0.135. The van der Waals surface area contributed by atoms with Crippen molar-refractivity contribution in [2.45, 2.75) is 27.2 Å². The van der Waals surface area contributed by atoms with Crippen LogP contribution in [0.2, 0.25) is 0 Å². The molecule has 1 N–H and O–H groups in total. The van der Waals surface area contributed by atoms with E-state index < -0.39 is 0 Å². The Labute approximate surface area is 147 Å². The minimum Gasteiger partial charge on any atom is -0.450 e. The van der Waals surface area contributed by atoms with Crippen LogP contribution in [0.4, 0.5) is 0 Å². The highest BCUT2D eigenvalue weighted by molar-refractivity contribution is 6.00. The number of benzene rings is 1. The Balaban J connectivity index is 1.64. The van der Waals surface area contributed by atoms with Crippen molar-refractivity contribution in [3.05, 3.63) is 34.6 Å². The van der Waals surface area contributed by atoms with Crippen molar-refractivity contribution in [2.24, 2.45) is 0 Å². The number of hydrogen-bond donors (Lipinski definition) is 1. The standard InChI is InChI=1S/C19H24N2O4/c1-12-4-5-13(2)17-16(12)14(3)18(25-17)19(23)20-7-6-15(22)21-8-10-24-11-9-21/h4-5H,6-11H2,1-3H3,(H,20,23). The molecule has 0 aliphatic carbocycles. The van der Waals surface area contributed by atoms with Crippen LogP contribution in [0.25, 0.3) is 11.0 Å². The summed E-state index contributed by atoms with van der Waals surface area (Å²) in [5, 5.41) is 3.79. The summed E-state index contributed by atoms with van der Waals surface area (Å²) < 4.78 is 11.1. The molecule has 0 atom stereocenters. The third kappa shape index (κ3) is 3.54. The highest BCUT2D eigenvalue weighted by Crippen LogP contribution is 2.30. The number of ether oxygens (including phenoxy) is 1. The van der Waals surface area contributed by atoms with Crippen molar-refractivity contribution >= 4 is 22.8 Å². The van der Waals surface area contributed by atoms with E-state index in [1.165, 1.54) is 0 Å². The second kappa shape index (κ2) is 7.27. The molecule has 134 valence electrons. The van der Waals surface area contributed by atoms with Crippen LogP contribution in [-0.2, 0) is 9.53 Å². The number of nitrogens with zero attached hydrogens (tertiary/aromatic N) is 1. The van der Waals surface area contributed by atoms with Gasteiger partial charge in [0.25, 0.3) is 5.91 Å². The summed E-state index contributed by atoms with van der Waals surface area (Å²) in [4.78, 5) is 26.3. The fourth-order valence-electron chi connectivity index (χ4n) is 3.23. The summed E-state index contributed by atoms with van der Waals surface area (Å²) in [7, 11) is 0. The van der Waals surface area contributed by atoms with Gasteiger partial charge >= 0.3 is 0 Å². The van der Waals surface area contributed by atoms with Crippen LogP contribution >= 0.6 is 0 Å². The Hall–Kier alpha value is -2.34. The van der Waals surface area contributed by atoms with Crippen LogP contribution in [0.3, 0.4) is 0 Å². The van der Waals surface area contributed by atoms with Crippen LogP contribution in [0.1, 0.15) is 33.7 Å². The van der Waals surface area contributed by atoms with E-state index in [-0.39, 0.29) is 18.2 Å². The lowest BCUT2D eigenvalue weighted by Gasteiger charge is -2.26. The molecule has 2 heterocycles. The van der Waals surface area contributed by atoms with Gasteiger partial charge in [0.05, 0.1) is 13.2 Å². The van der Waals surface area contributed by atoms with Gasteiger partial charge in [-0.2, -0.15) is 0 Å². The minimum atomic E-state index is -0.276. The van der Waals surface area contributed by atoms with Crippen molar-refractivity contribution in [3.63, 3.8) is 0 Å². The van der Waals surface area contributed by atoms with Gasteiger partial charge in [0, 0.05) is 37.0 Å². The molecular formula is C19H24N2O4. The third-order valence-corrected chi connectivity index (χ3v) is 4.68. The first-order valence-electron chi connectivity index (χ1n) is 8.62.